The van der Waals surface area contributed by atoms with Gasteiger partial charge in [-0.3, -0.25) is 0 Å². The van der Waals surface area contributed by atoms with Crippen molar-refractivity contribution < 1.29 is 0 Å². The summed E-state index contributed by atoms with van der Waals surface area (Å²) in [6.07, 6.45) is 5.23. The molecule has 1 unspecified atom stereocenters. The highest BCUT2D eigenvalue weighted by molar-refractivity contribution is 5.81. The van der Waals surface area contributed by atoms with Crippen LogP contribution in [-0.4, -0.2) is 29.5 Å². The van der Waals surface area contributed by atoms with Crippen molar-refractivity contribution in [3.8, 4) is 23.3 Å². The molecule has 1 fully saturated rings. The van der Waals surface area contributed by atoms with Crippen molar-refractivity contribution in [2.75, 3.05) is 19.3 Å². The minimum Gasteiger partial charge on any atom is -0.383 e. The molecular weight excluding hydrogens is 334 g/mol. The molecule has 1 aromatic heterocycles. The summed E-state index contributed by atoms with van der Waals surface area (Å²) in [6.45, 7) is 3.17. The quantitative estimate of drug-likeness (QED) is 0.877. The van der Waals surface area contributed by atoms with E-state index in [4.69, 9.17) is 5.73 Å². The van der Waals surface area contributed by atoms with Gasteiger partial charge in [-0.25, -0.2) is 4.98 Å². The van der Waals surface area contributed by atoms with Crippen LogP contribution in [0, 0.1) is 29.6 Å². The number of nitrogens with zero attached hydrogens (tertiary/aromatic N) is 4. The maximum Gasteiger partial charge on any atom is 0.142 e. The molecule has 27 heavy (non-hydrogen) atoms. The summed E-state index contributed by atoms with van der Waals surface area (Å²) in [5, 5.41) is 19.4. The molecule has 1 aliphatic rings. The predicted molar refractivity (Wildman–Crippen MR) is 107 cm³/mol. The Hall–Kier alpha value is -2.89. The molecule has 0 aliphatic carbocycles. The van der Waals surface area contributed by atoms with E-state index in [9.17, 15) is 10.5 Å². The summed E-state index contributed by atoms with van der Waals surface area (Å²) in [6, 6.07) is 12.9. The van der Waals surface area contributed by atoms with Gasteiger partial charge in [0.25, 0.3) is 0 Å². The van der Waals surface area contributed by atoms with Crippen LogP contribution in [0.4, 0.5) is 5.82 Å². The third-order valence-corrected chi connectivity index (χ3v) is 5.49. The van der Waals surface area contributed by atoms with Gasteiger partial charge >= 0.3 is 0 Å². The molecule has 5 heteroatoms. The fraction of sp³-hybridized carbons (Fsp3) is 0.409. The average Bonchev–Trinajstić information content (AvgIpc) is 3.07. The Balaban J connectivity index is 1.94. The number of rotatable bonds is 5. The lowest BCUT2D eigenvalue weighted by Gasteiger charge is -2.19. The van der Waals surface area contributed by atoms with Gasteiger partial charge in [0.15, 0.2) is 0 Å². The number of benzene rings is 1. The lowest BCUT2D eigenvalue weighted by molar-refractivity contribution is 0.292. The zero-order valence-corrected chi connectivity index (χ0v) is 16.0. The minimum atomic E-state index is 0.208. The van der Waals surface area contributed by atoms with Crippen molar-refractivity contribution in [3.63, 3.8) is 0 Å². The number of aromatic nitrogens is 1. The fourth-order valence-corrected chi connectivity index (χ4v) is 3.93. The van der Waals surface area contributed by atoms with Crippen LogP contribution < -0.4 is 5.73 Å². The Morgan fingerprint density at radius 3 is 2.48 bits per heavy atom. The third-order valence-electron chi connectivity index (χ3n) is 5.49. The number of anilines is 1. The first kappa shape index (κ1) is 18.9. The molecule has 0 spiro atoms. The van der Waals surface area contributed by atoms with Crippen LogP contribution >= 0.6 is 0 Å². The Labute approximate surface area is 161 Å². The highest BCUT2D eigenvalue weighted by Gasteiger charge is 2.22. The molecule has 0 radical (unpaired) electrons. The predicted octanol–water partition coefficient (Wildman–Crippen LogP) is 3.80. The van der Waals surface area contributed by atoms with Crippen molar-refractivity contribution in [2.24, 2.45) is 0 Å². The van der Waals surface area contributed by atoms with Crippen molar-refractivity contribution in [1.82, 2.24) is 9.88 Å². The molecule has 1 aromatic carbocycles. The van der Waals surface area contributed by atoms with E-state index >= 15 is 0 Å². The molecule has 1 saturated heterocycles. The molecule has 1 atom stereocenters. The van der Waals surface area contributed by atoms with Gasteiger partial charge in [0.1, 0.15) is 23.5 Å². The Morgan fingerprint density at radius 1 is 1.19 bits per heavy atom. The highest BCUT2D eigenvalue weighted by atomic mass is 15.1. The molecule has 3 rings (SSSR count). The first-order valence-corrected chi connectivity index (χ1v) is 9.45. The largest absolute Gasteiger partial charge is 0.383 e. The van der Waals surface area contributed by atoms with E-state index < -0.39 is 0 Å². The van der Waals surface area contributed by atoms with Crippen LogP contribution in [0.1, 0.15) is 48.1 Å². The average molecular weight is 359 g/mol. The van der Waals surface area contributed by atoms with E-state index in [1.165, 1.54) is 12.8 Å². The summed E-state index contributed by atoms with van der Waals surface area (Å²) in [5.74, 6) is 0.208. The second kappa shape index (κ2) is 8.20. The third kappa shape index (κ3) is 3.94. The number of nitrogen functional groups attached to an aromatic ring is 1. The van der Waals surface area contributed by atoms with Gasteiger partial charge in [0.2, 0.25) is 0 Å². The topological polar surface area (TPSA) is 89.7 Å². The number of hydrogen-bond donors (Lipinski definition) is 1. The number of nitriles is 2. The molecule has 0 bridgehead atoms. The second-order valence-electron chi connectivity index (χ2n) is 7.33. The minimum absolute atomic E-state index is 0.208. The number of pyridine rings is 1. The first-order chi connectivity index (χ1) is 13.0. The Kier molecular flexibility index (Phi) is 5.74. The van der Waals surface area contributed by atoms with Gasteiger partial charge in [-0.05, 0) is 58.2 Å². The van der Waals surface area contributed by atoms with Crippen LogP contribution in [0.2, 0.25) is 0 Å². The summed E-state index contributed by atoms with van der Waals surface area (Å²) in [4.78, 5) is 6.83. The van der Waals surface area contributed by atoms with E-state index in [-0.39, 0.29) is 11.4 Å². The summed E-state index contributed by atoms with van der Waals surface area (Å²) < 4.78 is 0. The van der Waals surface area contributed by atoms with Crippen molar-refractivity contribution >= 4 is 5.82 Å². The molecule has 2 aromatic rings. The summed E-state index contributed by atoms with van der Waals surface area (Å²) in [7, 11) is 2.17. The van der Waals surface area contributed by atoms with Gasteiger partial charge in [0, 0.05) is 11.6 Å². The van der Waals surface area contributed by atoms with E-state index in [0.717, 1.165) is 30.5 Å². The highest BCUT2D eigenvalue weighted by Crippen LogP contribution is 2.33. The molecule has 0 amide bonds. The zero-order valence-electron chi connectivity index (χ0n) is 16.0. The van der Waals surface area contributed by atoms with Gasteiger partial charge < -0.3 is 10.6 Å². The summed E-state index contributed by atoms with van der Waals surface area (Å²) >= 11 is 0. The number of hydrogen-bond acceptors (Lipinski definition) is 5. The van der Waals surface area contributed by atoms with E-state index in [0.29, 0.717) is 29.3 Å². The maximum atomic E-state index is 9.83. The van der Waals surface area contributed by atoms with Crippen LogP contribution in [0.15, 0.2) is 24.3 Å². The molecule has 2 heterocycles. The first-order valence-electron chi connectivity index (χ1n) is 9.45. The Morgan fingerprint density at radius 2 is 1.89 bits per heavy atom. The molecule has 5 nitrogen and oxygen atoms in total. The van der Waals surface area contributed by atoms with Crippen LogP contribution in [0.25, 0.3) is 11.1 Å². The normalized spacial score (nSPS) is 16.8. The van der Waals surface area contributed by atoms with Crippen molar-refractivity contribution in [3.05, 3.63) is 46.6 Å². The van der Waals surface area contributed by atoms with Crippen LogP contribution in [0.3, 0.4) is 0 Å². The van der Waals surface area contributed by atoms with Gasteiger partial charge in [-0.1, -0.05) is 29.8 Å². The molecule has 2 N–H and O–H groups in total. The second-order valence-corrected chi connectivity index (χ2v) is 7.33. The Bertz CT molecular complexity index is 902. The number of aryl methyl sites for hydroxylation is 2. The van der Waals surface area contributed by atoms with Gasteiger partial charge in [-0.15, -0.1) is 0 Å². The lowest BCUT2D eigenvalue weighted by Crippen LogP contribution is -2.24. The fourth-order valence-electron chi connectivity index (χ4n) is 3.93. The zero-order chi connectivity index (χ0) is 19.4. The van der Waals surface area contributed by atoms with Gasteiger partial charge in [-0.2, -0.15) is 10.5 Å². The van der Waals surface area contributed by atoms with Gasteiger partial charge in [0.05, 0.1) is 11.3 Å². The lowest BCUT2D eigenvalue weighted by atomic mass is 9.92. The van der Waals surface area contributed by atoms with E-state index in [1.54, 1.807) is 0 Å². The van der Waals surface area contributed by atoms with Crippen molar-refractivity contribution in [1.29, 1.82) is 10.5 Å². The van der Waals surface area contributed by atoms with E-state index in [1.807, 2.05) is 31.2 Å². The number of nitrogens with two attached hydrogens (primary N) is 1. The summed E-state index contributed by atoms with van der Waals surface area (Å²) in [5.41, 5.74) is 10.1. The SMILES string of the molecule is Cc1ccc(-c2c(C#N)c(N)nc(CCCC3CCCN3C)c2C#N)cc1. The monoisotopic (exact) mass is 359 g/mol. The molecule has 138 valence electrons. The maximum absolute atomic E-state index is 9.83. The van der Waals surface area contributed by atoms with E-state index in [2.05, 4.69) is 29.1 Å². The number of likely N-dealkylation sites (tertiary alicyclic amines) is 1. The van der Waals surface area contributed by atoms with Crippen LogP contribution in [0.5, 0.6) is 0 Å². The van der Waals surface area contributed by atoms with Crippen LogP contribution in [-0.2, 0) is 6.42 Å². The molecular formula is C22H25N5. The molecule has 1 aliphatic heterocycles. The molecule has 0 saturated carbocycles. The smallest absolute Gasteiger partial charge is 0.142 e. The standard InChI is InChI=1S/C22H25N5/c1-15-8-10-16(11-9-15)21-18(13-23)20(26-22(25)19(21)14-24)7-3-5-17-6-4-12-27(17)2/h8-11,17H,3-7,12H2,1-2H3,(H2,25,26). The van der Waals surface area contributed by atoms with Crippen molar-refractivity contribution in [2.45, 2.75) is 45.1 Å².